The predicted octanol–water partition coefficient (Wildman–Crippen LogP) is 4.71. The van der Waals surface area contributed by atoms with Crippen molar-refractivity contribution in [2.75, 3.05) is 12.4 Å². The monoisotopic (exact) mass is 301 g/mol. The van der Waals surface area contributed by atoms with E-state index in [4.69, 9.17) is 16.0 Å². The van der Waals surface area contributed by atoms with Crippen LogP contribution in [0.5, 0.6) is 0 Å². The lowest BCUT2D eigenvalue weighted by atomic mass is 10.0. The molecule has 1 aromatic carbocycles. The van der Waals surface area contributed by atoms with E-state index in [-0.39, 0.29) is 5.92 Å². The maximum atomic E-state index is 6.03. The fourth-order valence-electron chi connectivity index (χ4n) is 2.47. The molecule has 2 aromatic heterocycles. The Morgan fingerprint density at radius 2 is 2.00 bits per heavy atom. The molecule has 0 aliphatic rings. The summed E-state index contributed by atoms with van der Waals surface area (Å²) in [4.78, 5) is 8.71. The zero-order valence-electron chi connectivity index (χ0n) is 12.1. The van der Waals surface area contributed by atoms with Gasteiger partial charge in [-0.2, -0.15) is 0 Å². The Bertz CT molecular complexity index is 795. The Morgan fingerprint density at radius 3 is 2.71 bits per heavy atom. The van der Waals surface area contributed by atoms with Gasteiger partial charge >= 0.3 is 0 Å². The zero-order valence-corrected chi connectivity index (χ0v) is 12.9. The van der Waals surface area contributed by atoms with Crippen molar-refractivity contribution >= 4 is 28.4 Å². The van der Waals surface area contributed by atoms with Gasteiger partial charge in [0, 0.05) is 23.0 Å². The lowest BCUT2D eigenvalue weighted by molar-refractivity contribution is 0.625. The molecule has 21 heavy (non-hydrogen) atoms. The van der Waals surface area contributed by atoms with E-state index in [9.17, 15) is 0 Å². The molecule has 0 aliphatic heterocycles. The van der Waals surface area contributed by atoms with E-state index in [1.807, 2.05) is 31.3 Å². The van der Waals surface area contributed by atoms with E-state index in [1.54, 1.807) is 6.33 Å². The first-order valence-corrected chi connectivity index (χ1v) is 7.20. The van der Waals surface area contributed by atoms with Crippen molar-refractivity contribution in [1.82, 2.24) is 9.97 Å². The largest absolute Gasteiger partial charge is 0.454 e. The first-order valence-electron chi connectivity index (χ1n) is 6.82. The van der Waals surface area contributed by atoms with Crippen LogP contribution in [0.4, 0.5) is 5.82 Å². The van der Waals surface area contributed by atoms with Gasteiger partial charge in [0.25, 0.3) is 0 Å². The van der Waals surface area contributed by atoms with Crippen LogP contribution in [0.15, 0.2) is 35.0 Å². The quantitative estimate of drug-likeness (QED) is 0.761. The number of furan rings is 1. The zero-order chi connectivity index (χ0) is 15.0. The number of anilines is 1. The highest BCUT2D eigenvalue weighted by Gasteiger charge is 2.18. The van der Waals surface area contributed by atoms with Gasteiger partial charge in [-0.25, -0.2) is 9.97 Å². The number of rotatable bonds is 3. The number of halogens is 1. The van der Waals surface area contributed by atoms with Gasteiger partial charge in [0.15, 0.2) is 5.76 Å². The van der Waals surface area contributed by atoms with Crippen molar-refractivity contribution in [2.45, 2.75) is 19.8 Å². The lowest BCUT2D eigenvalue weighted by Gasteiger charge is -2.13. The summed E-state index contributed by atoms with van der Waals surface area (Å²) in [7, 11) is 1.86. The van der Waals surface area contributed by atoms with Crippen LogP contribution >= 0.6 is 11.6 Å². The topological polar surface area (TPSA) is 51.0 Å². The van der Waals surface area contributed by atoms with Crippen LogP contribution in [-0.2, 0) is 0 Å². The van der Waals surface area contributed by atoms with Crippen LogP contribution in [0.25, 0.3) is 22.4 Å². The number of fused-ring (bicyclic) bond motifs is 1. The summed E-state index contributed by atoms with van der Waals surface area (Å²) in [5, 5.41) is 4.78. The summed E-state index contributed by atoms with van der Waals surface area (Å²) in [6.07, 6.45) is 1.55. The third kappa shape index (κ3) is 2.47. The van der Waals surface area contributed by atoms with Crippen LogP contribution in [-0.4, -0.2) is 17.0 Å². The van der Waals surface area contributed by atoms with Crippen molar-refractivity contribution in [3.8, 4) is 11.5 Å². The number of nitrogens with zero attached hydrogens (tertiary/aromatic N) is 2. The lowest BCUT2D eigenvalue weighted by Crippen LogP contribution is -2.04. The van der Waals surface area contributed by atoms with Crippen LogP contribution in [0.2, 0.25) is 5.02 Å². The second-order valence-electron chi connectivity index (χ2n) is 5.18. The fourth-order valence-corrected chi connectivity index (χ4v) is 2.65. The maximum absolute atomic E-state index is 6.03. The van der Waals surface area contributed by atoms with E-state index in [0.29, 0.717) is 5.02 Å². The molecule has 1 N–H and O–H groups in total. The molecule has 0 atom stereocenters. The molecule has 108 valence electrons. The second-order valence-corrected chi connectivity index (χ2v) is 5.62. The molecule has 4 nitrogen and oxygen atoms in total. The van der Waals surface area contributed by atoms with Gasteiger partial charge in [0.05, 0.1) is 0 Å². The minimum absolute atomic E-state index is 0.278. The van der Waals surface area contributed by atoms with Gasteiger partial charge in [-0.1, -0.05) is 25.4 Å². The van der Waals surface area contributed by atoms with Crippen molar-refractivity contribution in [3.63, 3.8) is 0 Å². The van der Waals surface area contributed by atoms with Crippen LogP contribution in [0.1, 0.15) is 25.3 Å². The van der Waals surface area contributed by atoms with Crippen molar-refractivity contribution in [1.29, 1.82) is 0 Å². The molecule has 0 fully saturated rings. The summed E-state index contributed by atoms with van der Waals surface area (Å²) < 4.78 is 5.92. The van der Waals surface area contributed by atoms with Gasteiger partial charge in [0.1, 0.15) is 23.4 Å². The summed E-state index contributed by atoms with van der Waals surface area (Å²) in [6.45, 7) is 4.23. The molecule has 0 radical (unpaired) electrons. The molecule has 0 unspecified atom stereocenters. The average Bonchev–Trinajstić information content (AvgIpc) is 2.89. The van der Waals surface area contributed by atoms with Crippen molar-refractivity contribution in [3.05, 3.63) is 41.2 Å². The Hall–Kier alpha value is -2.07. The Balaban J connectivity index is 2.22. The normalized spacial score (nSPS) is 11.3. The summed E-state index contributed by atoms with van der Waals surface area (Å²) in [5.74, 6) is 1.84. The van der Waals surface area contributed by atoms with E-state index in [2.05, 4.69) is 29.1 Å². The predicted molar refractivity (Wildman–Crippen MR) is 85.9 cm³/mol. The fraction of sp³-hybridized carbons (Fsp3) is 0.250. The third-order valence-electron chi connectivity index (χ3n) is 3.41. The molecule has 2 heterocycles. The first kappa shape index (κ1) is 13.9. The number of aromatic nitrogens is 2. The molecule has 0 aliphatic carbocycles. The summed E-state index contributed by atoms with van der Waals surface area (Å²) in [5.41, 5.74) is 2.66. The maximum Gasteiger partial charge on any atom is 0.154 e. The van der Waals surface area contributed by atoms with Crippen molar-refractivity contribution < 1.29 is 4.42 Å². The van der Waals surface area contributed by atoms with E-state index in [0.717, 1.165) is 33.8 Å². The smallest absolute Gasteiger partial charge is 0.154 e. The molecular weight excluding hydrogens is 286 g/mol. The van der Waals surface area contributed by atoms with Gasteiger partial charge in [0.2, 0.25) is 0 Å². The van der Waals surface area contributed by atoms with Gasteiger partial charge in [-0.3, -0.25) is 0 Å². The highest BCUT2D eigenvalue weighted by atomic mass is 35.5. The average molecular weight is 302 g/mol. The van der Waals surface area contributed by atoms with Crippen LogP contribution in [0, 0.1) is 0 Å². The highest BCUT2D eigenvalue weighted by molar-refractivity contribution is 6.31. The summed E-state index contributed by atoms with van der Waals surface area (Å²) >= 11 is 6.03. The third-order valence-corrected chi connectivity index (χ3v) is 3.64. The number of hydrogen-bond donors (Lipinski definition) is 1. The van der Waals surface area contributed by atoms with Crippen molar-refractivity contribution in [2.24, 2.45) is 0 Å². The van der Waals surface area contributed by atoms with Crippen LogP contribution in [0.3, 0.4) is 0 Å². The SMILES string of the molecule is CNc1ncnc(-c2cc3cc(Cl)ccc3o2)c1C(C)C. The molecule has 5 heteroatoms. The summed E-state index contributed by atoms with van der Waals surface area (Å²) in [6, 6.07) is 7.55. The molecule has 0 spiro atoms. The number of benzene rings is 1. The van der Waals surface area contributed by atoms with E-state index >= 15 is 0 Å². The highest BCUT2D eigenvalue weighted by Crippen LogP contribution is 2.35. The molecular formula is C16H16ClN3O. The molecule has 0 bridgehead atoms. The minimum atomic E-state index is 0.278. The molecule has 0 saturated carbocycles. The Kier molecular flexibility index (Phi) is 3.55. The van der Waals surface area contributed by atoms with Gasteiger partial charge in [-0.15, -0.1) is 0 Å². The van der Waals surface area contributed by atoms with E-state index < -0.39 is 0 Å². The number of hydrogen-bond acceptors (Lipinski definition) is 4. The van der Waals surface area contributed by atoms with Gasteiger partial charge < -0.3 is 9.73 Å². The van der Waals surface area contributed by atoms with Crippen LogP contribution < -0.4 is 5.32 Å². The van der Waals surface area contributed by atoms with Gasteiger partial charge in [-0.05, 0) is 30.2 Å². The second kappa shape index (κ2) is 5.37. The first-order chi connectivity index (χ1) is 10.1. The number of nitrogens with one attached hydrogen (secondary N) is 1. The Labute approximate surface area is 128 Å². The van der Waals surface area contributed by atoms with E-state index in [1.165, 1.54) is 0 Å². The standard InChI is InChI=1S/C16H16ClN3O/c1-9(2)14-15(19-8-20-16(14)18-3)13-7-10-6-11(17)4-5-12(10)21-13/h4-9H,1-3H3,(H,18,19,20). The molecule has 0 saturated heterocycles. The molecule has 3 aromatic rings. The minimum Gasteiger partial charge on any atom is -0.454 e. The molecule has 0 amide bonds. The Morgan fingerprint density at radius 1 is 1.19 bits per heavy atom. The molecule has 3 rings (SSSR count).